The van der Waals surface area contributed by atoms with E-state index in [9.17, 15) is 4.79 Å². The van der Waals surface area contributed by atoms with Crippen LogP contribution in [0.25, 0.3) is 0 Å². The van der Waals surface area contributed by atoms with Crippen LogP contribution in [-0.2, 0) is 16.0 Å². The monoisotopic (exact) mass is 272 g/mol. The van der Waals surface area contributed by atoms with Gasteiger partial charge in [-0.3, -0.25) is 4.79 Å². The van der Waals surface area contributed by atoms with Crippen LogP contribution >= 0.6 is 0 Å². The van der Waals surface area contributed by atoms with E-state index in [-0.39, 0.29) is 5.97 Å². The Morgan fingerprint density at radius 3 is 2.50 bits per heavy atom. The first-order chi connectivity index (χ1) is 9.47. The van der Waals surface area contributed by atoms with Crippen molar-refractivity contribution in [2.24, 2.45) is 5.41 Å². The quantitative estimate of drug-likeness (QED) is 0.427. The van der Waals surface area contributed by atoms with Gasteiger partial charge < -0.3 is 4.74 Å². The molecule has 0 fully saturated rings. The van der Waals surface area contributed by atoms with Gasteiger partial charge in [0.1, 0.15) is 0 Å². The maximum absolute atomic E-state index is 11.5. The highest BCUT2D eigenvalue weighted by molar-refractivity contribution is 5.73. The van der Waals surface area contributed by atoms with Gasteiger partial charge in [0.05, 0.1) is 12.7 Å². The molecule has 1 aromatic rings. The van der Waals surface area contributed by atoms with Crippen LogP contribution in [0.1, 0.15) is 39.2 Å². The summed E-state index contributed by atoms with van der Waals surface area (Å²) in [5.41, 5.74) is 1.32. The van der Waals surface area contributed by atoms with Crippen molar-refractivity contribution >= 4 is 5.97 Å². The van der Waals surface area contributed by atoms with Gasteiger partial charge in [0.25, 0.3) is 0 Å². The lowest BCUT2D eigenvalue weighted by Crippen LogP contribution is -2.03. The van der Waals surface area contributed by atoms with Gasteiger partial charge in [0.15, 0.2) is 0 Å². The first-order valence-electron chi connectivity index (χ1n) is 7.02. The second kappa shape index (κ2) is 8.36. The number of allylic oxidation sites excluding steroid dienone is 3. The van der Waals surface area contributed by atoms with Gasteiger partial charge in [0.2, 0.25) is 0 Å². The Balaban J connectivity index is 2.21. The molecule has 0 saturated heterocycles. The predicted octanol–water partition coefficient (Wildman–Crippen LogP) is 4.67. The Morgan fingerprint density at radius 1 is 1.15 bits per heavy atom. The first-order valence-corrected chi connectivity index (χ1v) is 7.02. The molecule has 1 rings (SSSR count). The van der Waals surface area contributed by atoms with Crippen molar-refractivity contribution < 1.29 is 9.53 Å². The number of benzene rings is 1. The summed E-state index contributed by atoms with van der Waals surface area (Å²) in [5.74, 6) is -0.240. The fourth-order valence-electron chi connectivity index (χ4n) is 1.66. The molecule has 20 heavy (non-hydrogen) atoms. The second-order valence-corrected chi connectivity index (χ2v) is 6.01. The van der Waals surface area contributed by atoms with Gasteiger partial charge in [-0.05, 0) is 29.9 Å². The molecule has 0 unspecified atom stereocenters. The van der Waals surface area contributed by atoms with E-state index in [0.29, 0.717) is 11.8 Å². The Morgan fingerprint density at radius 2 is 1.85 bits per heavy atom. The molecule has 108 valence electrons. The summed E-state index contributed by atoms with van der Waals surface area (Å²) in [6, 6.07) is 9.58. The van der Waals surface area contributed by atoms with Crippen LogP contribution < -0.4 is 0 Å². The average molecular weight is 272 g/mol. The number of hydrogen-bond acceptors (Lipinski definition) is 2. The minimum atomic E-state index is -0.240. The van der Waals surface area contributed by atoms with Crippen molar-refractivity contribution in [1.29, 1.82) is 0 Å². The standard InChI is InChI=1S/C18H24O2/c1-18(2,3)13-9-4-5-10-14-20-17(19)15-16-11-7-6-8-12-16/h4-8,10-12,14H,9,13,15H2,1-3H3/b5-4+,14-10+. The lowest BCUT2D eigenvalue weighted by molar-refractivity contribution is -0.137. The van der Waals surface area contributed by atoms with Gasteiger partial charge in [-0.15, -0.1) is 0 Å². The van der Waals surface area contributed by atoms with Crippen LogP contribution in [0.4, 0.5) is 0 Å². The lowest BCUT2D eigenvalue weighted by Gasteiger charge is -2.15. The van der Waals surface area contributed by atoms with E-state index < -0.39 is 0 Å². The molecular weight excluding hydrogens is 248 g/mol. The van der Waals surface area contributed by atoms with E-state index in [1.807, 2.05) is 36.4 Å². The van der Waals surface area contributed by atoms with E-state index in [1.54, 1.807) is 6.08 Å². The van der Waals surface area contributed by atoms with Crippen molar-refractivity contribution in [2.75, 3.05) is 0 Å². The van der Waals surface area contributed by atoms with Crippen LogP contribution in [0.3, 0.4) is 0 Å². The normalized spacial score (nSPS) is 12.2. The first kappa shape index (κ1) is 16.2. The zero-order valence-corrected chi connectivity index (χ0v) is 12.6. The van der Waals surface area contributed by atoms with Crippen LogP contribution in [0.15, 0.2) is 54.8 Å². The summed E-state index contributed by atoms with van der Waals surface area (Å²) in [6.07, 6.45) is 9.69. The van der Waals surface area contributed by atoms with Gasteiger partial charge in [-0.1, -0.05) is 63.3 Å². The van der Waals surface area contributed by atoms with Gasteiger partial charge in [0, 0.05) is 0 Å². The van der Waals surface area contributed by atoms with Crippen LogP contribution in [0.5, 0.6) is 0 Å². The molecule has 2 nitrogen and oxygen atoms in total. The number of carbonyl (C=O) groups excluding carboxylic acids is 1. The maximum atomic E-state index is 11.5. The number of ether oxygens (including phenoxy) is 1. The fourth-order valence-corrected chi connectivity index (χ4v) is 1.66. The maximum Gasteiger partial charge on any atom is 0.315 e. The molecule has 1 aromatic carbocycles. The number of esters is 1. The highest BCUT2D eigenvalue weighted by Gasteiger charge is 2.07. The molecule has 0 heterocycles. The summed E-state index contributed by atoms with van der Waals surface area (Å²) in [6.45, 7) is 6.67. The largest absolute Gasteiger partial charge is 0.434 e. The van der Waals surface area contributed by atoms with E-state index in [1.165, 1.54) is 6.26 Å². The third-order valence-electron chi connectivity index (χ3n) is 2.78. The van der Waals surface area contributed by atoms with Crippen molar-refractivity contribution in [3.63, 3.8) is 0 Å². The van der Waals surface area contributed by atoms with E-state index in [4.69, 9.17) is 4.74 Å². The molecule has 0 amide bonds. The number of carbonyl (C=O) groups is 1. The third-order valence-corrected chi connectivity index (χ3v) is 2.78. The van der Waals surface area contributed by atoms with Crippen molar-refractivity contribution in [3.05, 3.63) is 60.4 Å². The highest BCUT2D eigenvalue weighted by Crippen LogP contribution is 2.20. The molecule has 0 aliphatic rings. The molecule has 0 bridgehead atoms. The molecule has 0 spiro atoms. The van der Waals surface area contributed by atoms with E-state index in [2.05, 4.69) is 26.8 Å². The van der Waals surface area contributed by atoms with Gasteiger partial charge in [-0.2, -0.15) is 0 Å². The Hall–Kier alpha value is -1.83. The molecule has 0 aliphatic carbocycles. The number of rotatable bonds is 6. The molecule has 0 aromatic heterocycles. The van der Waals surface area contributed by atoms with Crippen LogP contribution in [0, 0.1) is 5.41 Å². The van der Waals surface area contributed by atoms with Gasteiger partial charge in [-0.25, -0.2) is 0 Å². The fraction of sp³-hybridized carbons (Fsp3) is 0.389. The highest BCUT2D eigenvalue weighted by atomic mass is 16.5. The topological polar surface area (TPSA) is 26.3 Å². The van der Waals surface area contributed by atoms with E-state index >= 15 is 0 Å². The third kappa shape index (κ3) is 8.30. The molecule has 2 heteroatoms. The summed E-state index contributed by atoms with van der Waals surface area (Å²) in [5, 5.41) is 0. The smallest absolute Gasteiger partial charge is 0.315 e. The summed E-state index contributed by atoms with van der Waals surface area (Å²) in [4.78, 5) is 11.5. The molecule has 0 aliphatic heterocycles. The van der Waals surface area contributed by atoms with Crippen molar-refractivity contribution in [3.8, 4) is 0 Å². The Kier molecular flexibility index (Phi) is 6.78. The van der Waals surface area contributed by atoms with Crippen LogP contribution in [-0.4, -0.2) is 5.97 Å². The second-order valence-electron chi connectivity index (χ2n) is 6.01. The Labute approximate surface area is 122 Å². The van der Waals surface area contributed by atoms with Gasteiger partial charge >= 0.3 is 5.97 Å². The Bertz CT molecular complexity index is 450. The minimum Gasteiger partial charge on any atom is -0.434 e. The summed E-state index contributed by atoms with van der Waals surface area (Å²) in [7, 11) is 0. The SMILES string of the molecule is CC(C)(C)CC/C=C/C=C/OC(=O)Cc1ccccc1. The number of hydrogen-bond donors (Lipinski definition) is 0. The lowest BCUT2D eigenvalue weighted by atomic mass is 9.90. The predicted molar refractivity (Wildman–Crippen MR) is 83.2 cm³/mol. The molecule has 0 saturated carbocycles. The molecule has 0 radical (unpaired) electrons. The zero-order valence-electron chi connectivity index (χ0n) is 12.6. The van der Waals surface area contributed by atoms with Crippen molar-refractivity contribution in [2.45, 2.75) is 40.0 Å². The molecular formula is C18H24O2. The summed E-state index contributed by atoms with van der Waals surface area (Å²) < 4.78 is 5.02. The average Bonchev–Trinajstić information content (AvgIpc) is 2.37. The van der Waals surface area contributed by atoms with E-state index in [0.717, 1.165) is 18.4 Å². The zero-order chi connectivity index (χ0) is 14.8. The summed E-state index contributed by atoms with van der Waals surface area (Å²) >= 11 is 0. The minimum absolute atomic E-state index is 0.240. The molecule has 0 N–H and O–H groups in total. The van der Waals surface area contributed by atoms with Crippen LogP contribution in [0.2, 0.25) is 0 Å². The van der Waals surface area contributed by atoms with Crippen molar-refractivity contribution in [1.82, 2.24) is 0 Å². The molecule has 0 atom stereocenters.